The maximum absolute atomic E-state index is 4.81. The molecule has 0 radical (unpaired) electrons. The van der Waals surface area contributed by atoms with Gasteiger partial charge in [0.15, 0.2) is 5.96 Å². The predicted molar refractivity (Wildman–Crippen MR) is 104 cm³/mol. The fourth-order valence-corrected chi connectivity index (χ4v) is 4.34. The number of aliphatic imine (C=N–C) groups is 1. The van der Waals surface area contributed by atoms with E-state index in [4.69, 9.17) is 4.99 Å². The van der Waals surface area contributed by atoms with Crippen LogP contribution in [0.25, 0.3) is 0 Å². The second kappa shape index (κ2) is 8.86. The Bertz CT molecular complexity index is 509. The highest BCUT2D eigenvalue weighted by molar-refractivity contribution is 7.09. The van der Waals surface area contributed by atoms with Crippen molar-refractivity contribution >= 4 is 17.3 Å². The normalized spacial score (nSPS) is 23.4. The zero-order valence-corrected chi connectivity index (χ0v) is 15.9. The molecular formula is C19H32N4S. The van der Waals surface area contributed by atoms with Crippen LogP contribution in [-0.2, 0) is 6.42 Å². The van der Waals surface area contributed by atoms with E-state index in [1.54, 1.807) is 0 Å². The predicted octanol–water partition coefficient (Wildman–Crippen LogP) is 2.97. The van der Waals surface area contributed by atoms with Gasteiger partial charge in [-0.1, -0.05) is 13.0 Å². The summed E-state index contributed by atoms with van der Waals surface area (Å²) in [4.78, 5) is 8.95. The van der Waals surface area contributed by atoms with E-state index in [0.717, 1.165) is 44.0 Å². The average molecular weight is 349 g/mol. The molecule has 2 aliphatic rings. The van der Waals surface area contributed by atoms with Crippen molar-refractivity contribution in [2.24, 2.45) is 16.8 Å². The van der Waals surface area contributed by atoms with Crippen molar-refractivity contribution in [3.63, 3.8) is 0 Å². The summed E-state index contributed by atoms with van der Waals surface area (Å²) >= 11 is 1.85. The lowest BCUT2D eigenvalue weighted by atomic mass is 10.1. The zero-order valence-electron chi connectivity index (χ0n) is 15.1. The molecule has 4 nitrogen and oxygen atoms in total. The molecule has 2 unspecified atom stereocenters. The number of rotatable bonds is 8. The van der Waals surface area contributed by atoms with E-state index < -0.39 is 0 Å². The van der Waals surface area contributed by atoms with E-state index in [2.05, 4.69) is 46.9 Å². The Labute approximate surface area is 150 Å². The van der Waals surface area contributed by atoms with Crippen molar-refractivity contribution in [1.29, 1.82) is 0 Å². The molecule has 2 N–H and O–H groups in total. The average Bonchev–Trinajstić information content (AvgIpc) is 3.09. The third-order valence-electron chi connectivity index (χ3n) is 4.97. The van der Waals surface area contributed by atoms with E-state index in [0.29, 0.717) is 5.92 Å². The van der Waals surface area contributed by atoms with Gasteiger partial charge in [0.2, 0.25) is 0 Å². The van der Waals surface area contributed by atoms with E-state index >= 15 is 0 Å². The number of hydrogen-bond donors (Lipinski definition) is 2. The summed E-state index contributed by atoms with van der Waals surface area (Å²) in [5, 5.41) is 9.12. The lowest BCUT2D eigenvalue weighted by Crippen LogP contribution is -2.40. The molecule has 1 saturated heterocycles. The van der Waals surface area contributed by atoms with Crippen molar-refractivity contribution in [2.45, 2.75) is 45.6 Å². The smallest absolute Gasteiger partial charge is 0.191 e. The fourth-order valence-electron chi connectivity index (χ4n) is 3.47. The van der Waals surface area contributed by atoms with Gasteiger partial charge in [0.05, 0.1) is 0 Å². The Balaban J connectivity index is 1.41. The van der Waals surface area contributed by atoms with Crippen LogP contribution in [0, 0.1) is 11.8 Å². The number of nitrogens with zero attached hydrogens (tertiary/aromatic N) is 2. The quantitative estimate of drug-likeness (QED) is 0.560. The van der Waals surface area contributed by atoms with Crippen LogP contribution in [0.2, 0.25) is 0 Å². The molecule has 0 spiro atoms. The molecule has 0 bridgehead atoms. The number of likely N-dealkylation sites (tertiary alicyclic amines) is 1. The molecule has 0 amide bonds. The highest BCUT2D eigenvalue weighted by atomic mass is 32.1. The van der Waals surface area contributed by atoms with Crippen molar-refractivity contribution in [1.82, 2.24) is 15.5 Å². The molecular weight excluding hydrogens is 316 g/mol. The van der Waals surface area contributed by atoms with Crippen LogP contribution in [0.15, 0.2) is 22.5 Å². The minimum Gasteiger partial charge on any atom is -0.357 e. The van der Waals surface area contributed by atoms with Gasteiger partial charge < -0.3 is 15.5 Å². The summed E-state index contributed by atoms with van der Waals surface area (Å²) in [6.07, 6.45) is 5.30. The maximum Gasteiger partial charge on any atom is 0.191 e. The van der Waals surface area contributed by atoms with Crippen molar-refractivity contribution in [2.75, 3.05) is 32.7 Å². The summed E-state index contributed by atoms with van der Waals surface area (Å²) in [7, 11) is 0. The van der Waals surface area contributed by atoms with Crippen LogP contribution in [0.3, 0.4) is 0 Å². The van der Waals surface area contributed by atoms with E-state index in [1.165, 1.54) is 37.2 Å². The van der Waals surface area contributed by atoms with Crippen LogP contribution in [0.5, 0.6) is 0 Å². The zero-order chi connectivity index (χ0) is 16.8. The van der Waals surface area contributed by atoms with Crippen molar-refractivity contribution in [3.8, 4) is 0 Å². The largest absolute Gasteiger partial charge is 0.357 e. The van der Waals surface area contributed by atoms with Gasteiger partial charge in [0.25, 0.3) is 0 Å². The Kier molecular flexibility index (Phi) is 6.55. The van der Waals surface area contributed by atoms with Crippen LogP contribution in [0.4, 0.5) is 0 Å². The monoisotopic (exact) mass is 348 g/mol. The number of hydrogen-bond acceptors (Lipinski definition) is 3. The molecule has 1 aromatic rings. The minimum atomic E-state index is 0.580. The Hall–Kier alpha value is -1.07. The standard InChI is InChI=1S/C19H32N4S/c1-3-20-19(21-12-15(2)11-18-5-4-10-24-18)22-13-16-8-9-23(14-16)17-6-7-17/h4-5,10,15-17H,3,6-9,11-14H2,1-2H3,(H2,20,21,22). The van der Waals surface area contributed by atoms with E-state index in [1.807, 2.05) is 11.3 Å². The molecule has 1 saturated carbocycles. The molecule has 2 atom stereocenters. The number of thiophene rings is 1. The first-order valence-electron chi connectivity index (χ1n) is 9.53. The second-order valence-electron chi connectivity index (χ2n) is 7.37. The van der Waals surface area contributed by atoms with Gasteiger partial charge in [-0.25, -0.2) is 0 Å². The first kappa shape index (κ1) is 17.7. The second-order valence-corrected chi connectivity index (χ2v) is 8.40. The summed E-state index contributed by atoms with van der Waals surface area (Å²) < 4.78 is 0. The molecule has 2 heterocycles. The third-order valence-corrected chi connectivity index (χ3v) is 5.87. The molecule has 0 aromatic carbocycles. The lowest BCUT2D eigenvalue weighted by molar-refractivity contribution is 0.314. The maximum atomic E-state index is 4.81. The first-order chi connectivity index (χ1) is 11.7. The minimum absolute atomic E-state index is 0.580. The molecule has 1 aliphatic heterocycles. The molecule has 1 aromatic heterocycles. The van der Waals surface area contributed by atoms with Crippen LogP contribution >= 0.6 is 11.3 Å². The van der Waals surface area contributed by atoms with Gasteiger partial charge in [-0.3, -0.25) is 4.99 Å². The third kappa shape index (κ3) is 5.49. The Morgan fingerprint density at radius 3 is 2.96 bits per heavy atom. The molecule has 24 heavy (non-hydrogen) atoms. The SMILES string of the molecule is CCNC(=NCC(C)Cc1cccs1)NCC1CCN(C2CC2)C1. The van der Waals surface area contributed by atoms with Gasteiger partial charge in [-0.05, 0) is 62.4 Å². The highest BCUT2D eigenvalue weighted by Crippen LogP contribution is 2.31. The summed E-state index contributed by atoms with van der Waals surface area (Å²) in [5.41, 5.74) is 0. The van der Waals surface area contributed by atoms with Crippen LogP contribution in [-0.4, -0.2) is 49.6 Å². The summed E-state index contributed by atoms with van der Waals surface area (Å²) in [6, 6.07) is 5.27. The molecule has 134 valence electrons. The number of guanidine groups is 1. The van der Waals surface area contributed by atoms with Crippen LogP contribution in [0.1, 0.15) is 38.0 Å². The van der Waals surface area contributed by atoms with Gasteiger partial charge in [0, 0.05) is 37.1 Å². The fraction of sp³-hybridized carbons (Fsp3) is 0.737. The Morgan fingerprint density at radius 2 is 2.25 bits per heavy atom. The van der Waals surface area contributed by atoms with Crippen LogP contribution < -0.4 is 10.6 Å². The molecule has 5 heteroatoms. The topological polar surface area (TPSA) is 39.7 Å². The Morgan fingerprint density at radius 1 is 1.38 bits per heavy atom. The van der Waals surface area contributed by atoms with Crippen molar-refractivity contribution in [3.05, 3.63) is 22.4 Å². The summed E-state index contributed by atoms with van der Waals surface area (Å²) in [6.45, 7) is 9.84. The van der Waals surface area contributed by atoms with E-state index in [9.17, 15) is 0 Å². The summed E-state index contributed by atoms with van der Waals surface area (Å²) in [5.74, 6) is 2.34. The molecule has 3 rings (SSSR count). The molecule has 2 fully saturated rings. The van der Waals surface area contributed by atoms with Crippen molar-refractivity contribution < 1.29 is 0 Å². The lowest BCUT2D eigenvalue weighted by Gasteiger charge is -2.17. The number of nitrogens with one attached hydrogen (secondary N) is 2. The van der Waals surface area contributed by atoms with Gasteiger partial charge in [0.1, 0.15) is 0 Å². The van der Waals surface area contributed by atoms with E-state index in [-0.39, 0.29) is 0 Å². The molecule has 1 aliphatic carbocycles. The van der Waals surface area contributed by atoms with Gasteiger partial charge in [-0.15, -0.1) is 11.3 Å². The highest BCUT2D eigenvalue weighted by Gasteiger charge is 2.34. The van der Waals surface area contributed by atoms with Gasteiger partial charge >= 0.3 is 0 Å². The van der Waals surface area contributed by atoms with Gasteiger partial charge in [-0.2, -0.15) is 0 Å². The first-order valence-corrected chi connectivity index (χ1v) is 10.4.